The second-order valence-electron chi connectivity index (χ2n) is 7.71. The summed E-state index contributed by atoms with van der Waals surface area (Å²) in [6, 6.07) is 3.78. The highest BCUT2D eigenvalue weighted by molar-refractivity contribution is 7.99. The maximum absolute atomic E-state index is 13.6. The molecule has 3 aliphatic rings. The van der Waals surface area contributed by atoms with Gasteiger partial charge in [-0.2, -0.15) is 11.8 Å². The Bertz CT molecular complexity index is 945. The van der Waals surface area contributed by atoms with Crippen molar-refractivity contribution in [2.24, 2.45) is 0 Å². The predicted molar refractivity (Wildman–Crippen MR) is 106 cm³/mol. The highest BCUT2D eigenvalue weighted by Crippen LogP contribution is 2.56. The first-order chi connectivity index (χ1) is 13.6. The molecule has 1 aromatic heterocycles. The summed E-state index contributed by atoms with van der Waals surface area (Å²) in [7, 11) is 0. The topological polar surface area (TPSA) is 45.2 Å². The number of nitrogens with one attached hydrogen (secondary N) is 1. The number of carbonyl (C=O) groups is 1. The molecule has 0 spiro atoms. The van der Waals surface area contributed by atoms with Crippen LogP contribution in [0.5, 0.6) is 0 Å². The third-order valence-electron chi connectivity index (χ3n) is 6.11. The lowest BCUT2D eigenvalue weighted by Crippen LogP contribution is -2.39. The minimum absolute atomic E-state index is 0.0310. The zero-order chi connectivity index (χ0) is 19.3. The van der Waals surface area contributed by atoms with Crippen molar-refractivity contribution in [2.75, 3.05) is 29.9 Å². The van der Waals surface area contributed by atoms with Crippen molar-refractivity contribution in [3.8, 4) is 0 Å². The van der Waals surface area contributed by atoms with Crippen molar-refractivity contribution < 1.29 is 13.6 Å². The standard InChI is InChI=1S/C21H21F2N3OS/c22-15-4-3-14(10-16(15)23)25-17-11-24-20(21(27)26-5-7-28-8-6-26)19-13-2-1-12(9-13)18(17)19/h3-4,10-13,25H,1-2,5-9H2. The van der Waals surface area contributed by atoms with Crippen molar-refractivity contribution in [3.05, 3.63) is 52.9 Å². The lowest BCUT2D eigenvalue weighted by atomic mass is 9.89. The molecule has 2 unspecified atom stereocenters. The van der Waals surface area contributed by atoms with Gasteiger partial charge in [0, 0.05) is 36.3 Å². The summed E-state index contributed by atoms with van der Waals surface area (Å²) in [5, 5.41) is 3.21. The SMILES string of the molecule is O=C(c1ncc(Nc2ccc(F)c(F)c2)c2c1C1CCC2C1)N1CCSCC1. The second-order valence-corrected chi connectivity index (χ2v) is 8.94. The molecule has 5 rings (SSSR count). The van der Waals surface area contributed by atoms with Gasteiger partial charge >= 0.3 is 0 Å². The molecule has 2 aliphatic carbocycles. The molecule has 1 aliphatic heterocycles. The van der Waals surface area contributed by atoms with Crippen molar-refractivity contribution in [1.82, 2.24) is 9.88 Å². The van der Waals surface area contributed by atoms with Gasteiger partial charge in [-0.05, 0) is 54.4 Å². The lowest BCUT2D eigenvalue weighted by molar-refractivity contribution is 0.0764. The molecule has 1 amide bonds. The summed E-state index contributed by atoms with van der Waals surface area (Å²) in [6.07, 6.45) is 4.92. The Morgan fingerprint density at radius 2 is 1.86 bits per heavy atom. The number of pyridine rings is 1. The first-order valence-electron chi connectivity index (χ1n) is 9.73. The molecule has 1 N–H and O–H groups in total. The second kappa shape index (κ2) is 7.03. The molecule has 2 atom stereocenters. The van der Waals surface area contributed by atoms with Gasteiger partial charge in [0.15, 0.2) is 11.6 Å². The fraction of sp³-hybridized carbons (Fsp3) is 0.429. The van der Waals surface area contributed by atoms with E-state index < -0.39 is 11.6 Å². The van der Waals surface area contributed by atoms with E-state index in [1.54, 1.807) is 6.20 Å². The Hall–Kier alpha value is -2.15. The minimum atomic E-state index is -0.883. The number of hydrogen-bond acceptors (Lipinski definition) is 4. The number of rotatable bonds is 3. The number of anilines is 2. The summed E-state index contributed by atoms with van der Waals surface area (Å²) < 4.78 is 26.8. The van der Waals surface area contributed by atoms with Crippen molar-refractivity contribution in [3.63, 3.8) is 0 Å². The largest absolute Gasteiger partial charge is 0.354 e. The molecule has 2 bridgehead atoms. The monoisotopic (exact) mass is 401 g/mol. The number of carbonyl (C=O) groups excluding carboxylic acids is 1. The first-order valence-corrected chi connectivity index (χ1v) is 10.9. The van der Waals surface area contributed by atoms with Gasteiger partial charge in [-0.3, -0.25) is 4.79 Å². The van der Waals surface area contributed by atoms with Crippen molar-refractivity contribution in [1.29, 1.82) is 0 Å². The maximum atomic E-state index is 13.6. The molecule has 0 radical (unpaired) electrons. The van der Waals surface area contributed by atoms with Gasteiger partial charge in [0.05, 0.1) is 11.9 Å². The molecular formula is C21H21F2N3OS. The van der Waals surface area contributed by atoms with Gasteiger partial charge < -0.3 is 10.2 Å². The Kier molecular flexibility index (Phi) is 4.50. The summed E-state index contributed by atoms with van der Waals surface area (Å²) in [5.41, 5.74) is 4.10. The zero-order valence-corrected chi connectivity index (χ0v) is 16.2. The summed E-state index contributed by atoms with van der Waals surface area (Å²) in [5.74, 6) is 0.991. The molecular weight excluding hydrogens is 380 g/mol. The third-order valence-corrected chi connectivity index (χ3v) is 7.05. The van der Waals surface area contributed by atoms with Crippen LogP contribution in [0.15, 0.2) is 24.4 Å². The first kappa shape index (κ1) is 17.9. The van der Waals surface area contributed by atoms with Crippen LogP contribution in [0.1, 0.15) is 52.7 Å². The molecule has 1 saturated carbocycles. The van der Waals surface area contributed by atoms with Crippen LogP contribution in [-0.2, 0) is 0 Å². The summed E-state index contributed by atoms with van der Waals surface area (Å²) in [6.45, 7) is 1.53. The van der Waals surface area contributed by atoms with Crippen LogP contribution in [-0.4, -0.2) is 40.4 Å². The van der Waals surface area contributed by atoms with Crippen molar-refractivity contribution in [2.45, 2.75) is 31.1 Å². The fourth-order valence-electron chi connectivity index (χ4n) is 4.82. The molecule has 1 aromatic carbocycles. The minimum Gasteiger partial charge on any atom is -0.354 e. The van der Waals surface area contributed by atoms with E-state index >= 15 is 0 Å². The van der Waals surface area contributed by atoms with Gasteiger partial charge in [-0.25, -0.2) is 13.8 Å². The number of hydrogen-bond donors (Lipinski definition) is 1. The number of fused-ring (bicyclic) bond motifs is 5. The Labute approximate surface area is 166 Å². The number of benzene rings is 1. The Balaban J connectivity index is 1.52. The molecule has 4 nitrogen and oxygen atoms in total. The summed E-state index contributed by atoms with van der Waals surface area (Å²) in [4.78, 5) is 19.6. The highest BCUT2D eigenvalue weighted by Gasteiger charge is 2.42. The van der Waals surface area contributed by atoms with Crippen LogP contribution in [0.3, 0.4) is 0 Å². The van der Waals surface area contributed by atoms with Crippen molar-refractivity contribution >= 4 is 29.0 Å². The summed E-state index contributed by atoms with van der Waals surface area (Å²) >= 11 is 1.87. The van der Waals surface area contributed by atoms with E-state index in [9.17, 15) is 13.6 Å². The third kappa shape index (κ3) is 2.96. The van der Waals surface area contributed by atoms with Crippen LogP contribution >= 0.6 is 11.8 Å². The van der Waals surface area contributed by atoms with Gasteiger partial charge in [-0.15, -0.1) is 0 Å². The van der Waals surface area contributed by atoms with Gasteiger partial charge in [-0.1, -0.05) is 0 Å². The van der Waals surface area contributed by atoms with Crippen LogP contribution in [0.2, 0.25) is 0 Å². The highest BCUT2D eigenvalue weighted by atomic mass is 32.2. The molecule has 2 heterocycles. The quantitative estimate of drug-likeness (QED) is 0.813. The number of aromatic nitrogens is 1. The van der Waals surface area contributed by atoms with E-state index in [2.05, 4.69) is 10.3 Å². The molecule has 146 valence electrons. The normalized spacial score (nSPS) is 23.0. The predicted octanol–water partition coefficient (Wildman–Crippen LogP) is 4.66. The smallest absolute Gasteiger partial charge is 0.272 e. The van der Waals surface area contributed by atoms with Crippen LogP contribution in [0.25, 0.3) is 0 Å². The average molecular weight is 401 g/mol. The number of halogens is 2. The van der Waals surface area contributed by atoms with Gasteiger partial charge in [0.25, 0.3) is 5.91 Å². The maximum Gasteiger partial charge on any atom is 0.272 e. The zero-order valence-electron chi connectivity index (χ0n) is 15.4. The number of nitrogens with zero attached hydrogens (tertiary/aromatic N) is 2. The molecule has 2 aromatic rings. The number of thioether (sulfide) groups is 1. The van der Waals surface area contributed by atoms with Crippen LogP contribution < -0.4 is 5.32 Å². The number of amides is 1. The van der Waals surface area contributed by atoms with Crippen LogP contribution in [0, 0.1) is 11.6 Å². The van der Waals surface area contributed by atoms with E-state index in [1.807, 2.05) is 16.7 Å². The van der Waals surface area contributed by atoms with E-state index in [1.165, 1.54) is 6.07 Å². The van der Waals surface area contributed by atoms with E-state index in [4.69, 9.17) is 0 Å². The fourth-order valence-corrected chi connectivity index (χ4v) is 5.72. The molecule has 2 fully saturated rings. The van der Waals surface area contributed by atoms with E-state index in [-0.39, 0.29) is 5.91 Å². The van der Waals surface area contributed by atoms with E-state index in [0.717, 1.165) is 72.8 Å². The molecule has 28 heavy (non-hydrogen) atoms. The lowest BCUT2D eigenvalue weighted by Gasteiger charge is -2.28. The Morgan fingerprint density at radius 3 is 2.61 bits per heavy atom. The van der Waals surface area contributed by atoms with E-state index in [0.29, 0.717) is 23.2 Å². The molecule has 7 heteroatoms. The van der Waals surface area contributed by atoms with Crippen LogP contribution in [0.4, 0.5) is 20.2 Å². The van der Waals surface area contributed by atoms with Gasteiger partial charge in [0.1, 0.15) is 5.69 Å². The molecule has 1 saturated heterocycles. The average Bonchev–Trinajstić information content (AvgIpc) is 3.34. The Morgan fingerprint density at radius 1 is 1.11 bits per heavy atom. The van der Waals surface area contributed by atoms with Gasteiger partial charge in [0.2, 0.25) is 0 Å².